The number of halogens is 3. The van der Waals surface area contributed by atoms with Gasteiger partial charge < -0.3 is 23.5 Å². The van der Waals surface area contributed by atoms with Crippen LogP contribution in [0.3, 0.4) is 0 Å². The molecule has 2 fully saturated rings. The van der Waals surface area contributed by atoms with Crippen molar-refractivity contribution in [2.75, 3.05) is 53.0 Å². The molecule has 2 aromatic carbocycles. The second kappa shape index (κ2) is 14.7. The molecule has 0 N–H and O–H groups in total. The van der Waals surface area contributed by atoms with E-state index in [9.17, 15) is 18.0 Å². The van der Waals surface area contributed by atoms with Crippen molar-refractivity contribution in [3.63, 3.8) is 0 Å². The van der Waals surface area contributed by atoms with Gasteiger partial charge in [-0.25, -0.2) is 0 Å². The van der Waals surface area contributed by atoms with E-state index < -0.39 is 12.8 Å². The first-order valence-corrected chi connectivity index (χ1v) is 15.9. The maximum Gasteiger partial charge on any atom is 0.422 e. The average molecular weight is 666 g/mol. The van der Waals surface area contributed by atoms with Crippen LogP contribution in [0, 0.1) is 0 Å². The first kappa shape index (κ1) is 33.3. The van der Waals surface area contributed by atoms with Gasteiger partial charge in [0.1, 0.15) is 6.26 Å². The number of hydrogen-bond donors (Lipinski definition) is 0. The molecule has 2 atom stereocenters. The maximum absolute atomic E-state index is 13.4. The monoisotopic (exact) mass is 665 g/mol. The normalized spacial score (nSPS) is 18.8. The number of fused-ring (bicyclic) bond motifs is 1. The van der Waals surface area contributed by atoms with Crippen LogP contribution in [-0.4, -0.2) is 102 Å². The standard InChI is InChI=1S/C35H38F3N5O5/c1-3-47-34-39-31(45-2)28(32(40-34)48-23-35(36,37)38)20-41-18-27-19-42(33(44)26-14-17-46-22-26)15-16-43(27)29(21-41)30(24-10-6-4-7-11-24)25-12-8-5-9-13-25/h4-14,17,22,27,29-30H,3,15-16,18-21,23H2,1-2H3/t27-,29?/m1/s1. The molecular formula is C35H38F3N5O5. The highest BCUT2D eigenvalue weighted by molar-refractivity contribution is 5.93. The van der Waals surface area contributed by atoms with E-state index in [4.69, 9.17) is 18.6 Å². The van der Waals surface area contributed by atoms with Gasteiger partial charge in [0.2, 0.25) is 11.8 Å². The maximum atomic E-state index is 13.4. The summed E-state index contributed by atoms with van der Waals surface area (Å²) in [6, 6.07) is 22.0. The van der Waals surface area contributed by atoms with Crippen LogP contribution in [0.4, 0.5) is 13.2 Å². The third-order valence-electron chi connectivity index (χ3n) is 8.76. The van der Waals surface area contributed by atoms with Crippen molar-refractivity contribution >= 4 is 5.91 Å². The van der Waals surface area contributed by atoms with Gasteiger partial charge in [0, 0.05) is 57.3 Å². The van der Waals surface area contributed by atoms with E-state index in [1.54, 1.807) is 13.0 Å². The largest absolute Gasteiger partial charge is 0.481 e. The lowest BCUT2D eigenvalue weighted by molar-refractivity contribution is -0.154. The number of furan rings is 1. The molecule has 2 aromatic heterocycles. The highest BCUT2D eigenvalue weighted by Gasteiger charge is 2.44. The fourth-order valence-electron chi connectivity index (χ4n) is 6.76. The molecule has 0 radical (unpaired) electrons. The van der Waals surface area contributed by atoms with Gasteiger partial charge in [0.25, 0.3) is 5.91 Å². The summed E-state index contributed by atoms with van der Waals surface area (Å²) in [5, 5.41) is 0. The fraction of sp³-hybridized carbons (Fsp3) is 0.400. The first-order valence-electron chi connectivity index (χ1n) is 15.9. The molecule has 48 heavy (non-hydrogen) atoms. The van der Waals surface area contributed by atoms with Crippen LogP contribution in [0.5, 0.6) is 17.8 Å². The summed E-state index contributed by atoms with van der Waals surface area (Å²) in [4.78, 5) is 28.4. The van der Waals surface area contributed by atoms with E-state index in [1.165, 1.54) is 19.6 Å². The molecule has 10 nitrogen and oxygen atoms in total. The van der Waals surface area contributed by atoms with Gasteiger partial charge >= 0.3 is 12.2 Å². The van der Waals surface area contributed by atoms with Gasteiger partial charge in [-0.3, -0.25) is 14.6 Å². The van der Waals surface area contributed by atoms with Crippen molar-refractivity contribution in [3.8, 4) is 17.8 Å². The summed E-state index contributed by atoms with van der Waals surface area (Å²) < 4.78 is 61.4. The van der Waals surface area contributed by atoms with Crippen LogP contribution in [0.1, 0.15) is 39.9 Å². The summed E-state index contributed by atoms with van der Waals surface area (Å²) in [7, 11) is 1.40. The first-order chi connectivity index (χ1) is 23.2. The van der Waals surface area contributed by atoms with Crippen LogP contribution in [-0.2, 0) is 6.54 Å². The van der Waals surface area contributed by atoms with E-state index >= 15 is 0 Å². The molecule has 6 rings (SSSR count). The van der Waals surface area contributed by atoms with Crippen LogP contribution in [0.15, 0.2) is 83.7 Å². The summed E-state index contributed by atoms with van der Waals surface area (Å²) >= 11 is 0. The molecular weight excluding hydrogens is 627 g/mol. The Labute approximate surface area is 277 Å². The Hall–Kier alpha value is -4.62. The minimum Gasteiger partial charge on any atom is -0.481 e. The molecule has 1 unspecified atom stereocenters. The van der Waals surface area contributed by atoms with E-state index in [2.05, 4.69) is 44.0 Å². The number of benzene rings is 2. The Morgan fingerprint density at radius 2 is 1.62 bits per heavy atom. The number of alkyl halides is 3. The molecule has 0 bridgehead atoms. The Kier molecular flexibility index (Phi) is 10.2. The van der Waals surface area contributed by atoms with Crippen molar-refractivity contribution in [3.05, 3.63) is 102 Å². The van der Waals surface area contributed by atoms with E-state index in [1.807, 2.05) is 41.3 Å². The van der Waals surface area contributed by atoms with Crippen molar-refractivity contribution < 1.29 is 36.6 Å². The Bertz CT molecular complexity index is 1600. The lowest BCUT2D eigenvalue weighted by Crippen LogP contribution is -2.67. The lowest BCUT2D eigenvalue weighted by Gasteiger charge is -2.53. The molecule has 0 saturated carbocycles. The Balaban J connectivity index is 1.38. The SMILES string of the molecule is CCOc1nc(OC)c(CN2CC(C(c3ccccc3)c3ccccc3)N3CCN(C(=O)c4ccoc4)C[C@H]3C2)c(OCC(F)(F)F)n1. The number of carbonyl (C=O) groups is 1. The minimum absolute atomic E-state index is 0.0340. The van der Waals surface area contributed by atoms with Crippen LogP contribution >= 0.6 is 0 Å². The number of aromatic nitrogens is 2. The number of nitrogens with zero attached hydrogens (tertiary/aromatic N) is 5. The topological polar surface area (TPSA) is 93.4 Å². The number of methoxy groups -OCH3 is 1. The van der Waals surface area contributed by atoms with Crippen molar-refractivity contribution in [2.24, 2.45) is 0 Å². The van der Waals surface area contributed by atoms with Crippen LogP contribution in [0.25, 0.3) is 0 Å². The number of hydrogen-bond acceptors (Lipinski definition) is 9. The third kappa shape index (κ3) is 7.57. The summed E-state index contributed by atoms with van der Waals surface area (Å²) in [5.74, 6) is -0.310. The number of carbonyl (C=O) groups excluding carboxylic acids is 1. The Morgan fingerprint density at radius 3 is 2.23 bits per heavy atom. The Morgan fingerprint density at radius 1 is 0.938 bits per heavy atom. The van der Waals surface area contributed by atoms with Crippen LogP contribution in [0.2, 0.25) is 0 Å². The summed E-state index contributed by atoms with van der Waals surface area (Å²) in [5.41, 5.74) is 3.06. The van der Waals surface area contributed by atoms with E-state index in [0.717, 1.165) is 11.1 Å². The zero-order valence-electron chi connectivity index (χ0n) is 26.8. The lowest BCUT2D eigenvalue weighted by atomic mass is 9.81. The van der Waals surface area contributed by atoms with Crippen LogP contribution < -0.4 is 14.2 Å². The third-order valence-corrected chi connectivity index (χ3v) is 8.76. The van der Waals surface area contributed by atoms with Gasteiger partial charge in [-0.05, 0) is 24.1 Å². The minimum atomic E-state index is -4.58. The fourth-order valence-corrected chi connectivity index (χ4v) is 6.76. The second-order valence-electron chi connectivity index (χ2n) is 11.9. The predicted octanol–water partition coefficient (Wildman–Crippen LogP) is 5.26. The highest BCUT2D eigenvalue weighted by atomic mass is 19.4. The van der Waals surface area contributed by atoms with Gasteiger partial charge in [-0.2, -0.15) is 23.1 Å². The molecule has 4 aromatic rings. The number of rotatable bonds is 11. The quantitative estimate of drug-likeness (QED) is 0.213. The molecule has 0 spiro atoms. The van der Waals surface area contributed by atoms with Crippen molar-refractivity contribution in [1.82, 2.24) is 24.7 Å². The molecule has 1 amide bonds. The smallest absolute Gasteiger partial charge is 0.422 e. The van der Waals surface area contributed by atoms with Gasteiger partial charge in [-0.1, -0.05) is 60.7 Å². The highest BCUT2D eigenvalue weighted by Crippen LogP contribution is 2.38. The number of amides is 1. The molecule has 13 heteroatoms. The predicted molar refractivity (Wildman–Crippen MR) is 170 cm³/mol. The van der Waals surface area contributed by atoms with Gasteiger partial charge in [0.05, 0.1) is 31.1 Å². The zero-order chi connectivity index (χ0) is 33.7. The molecule has 254 valence electrons. The molecule has 2 aliphatic heterocycles. The summed E-state index contributed by atoms with van der Waals surface area (Å²) in [6.07, 6.45) is -1.65. The second-order valence-corrected chi connectivity index (χ2v) is 11.9. The molecule has 2 aliphatic rings. The number of ether oxygens (including phenoxy) is 3. The van der Waals surface area contributed by atoms with Crippen molar-refractivity contribution in [1.29, 1.82) is 0 Å². The average Bonchev–Trinajstić information content (AvgIpc) is 3.64. The number of piperazine rings is 2. The molecule has 2 saturated heterocycles. The molecule has 0 aliphatic carbocycles. The summed E-state index contributed by atoms with van der Waals surface area (Å²) in [6.45, 7) is 3.30. The zero-order valence-corrected chi connectivity index (χ0v) is 26.8. The van der Waals surface area contributed by atoms with E-state index in [0.29, 0.717) is 38.3 Å². The van der Waals surface area contributed by atoms with Crippen molar-refractivity contribution in [2.45, 2.75) is 37.6 Å². The molecule has 4 heterocycles. The van der Waals surface area contributed by atoms with Gasteiger partial charge in [0.15, 0.2) is 6.61 Å². The van der Waals surface area contributed by atoms with Gasteiger partial charge in [-0.15, -0.1) is 0 Å². The van der Waals surface area contributed by atoms with E-state index in [-0.39, 0.29) is 60.4 Å².